The largest absolute Gasteiger partial charge is 0.391 e. The van der Waals surface area contributed by atoms with Crippen LogP contribution in [0.25, 0.3) is 11.3 Å². The van der Waals surface area contributed by atoms with E-state index < -0.39 is 47.2 Å². The zero-order valence-corrected chi connectivity index (χ0v) is 20.5. The van der Waals surface area contributed by atoms with E-state index >= 15 is 0 Å². The van der Waals surface area contributed by atoms with Gasteiger partial charge in [0.15, 0.2) is 5.69 Å². The highest BCUT2D eigenvalue weighted by atomic mass is 35.5. The highest BCUT2D eigenvalue weighted by Gasteiger charge is 2.36. The van der Waals surface area contributed by atoms with Crippen molar-refractivity contribution in [3.05, 3.63) is 40.0 Å². The molecule has 0 radical (unpaired) electrons. The first-order valence-electron chi connectivity index (χ1n) is 11.6. The number of amides is 1. The molecule has 1 amide bonds. The van der Waals surface area contributed by atoms with Crippen molar-refractivity contribution < 1.29 is 31.9 Å². The second-order valence-electron chi connectivity index (χ2n) is 9.50. The maximum atomic E-state index is 15.0. The van der Waals surface area contributed by atoms with E-state index in [9.17, 15) is 31.9 Å². The summed E-state index contributed by atoms with van der Waals surface area (Å²) < 4.78 is 69.7. The summed E-state index contributed by atoms with van der Waals surface area (Å²) in [5.41, 5.74) is -2.22. The van der Waals surface area contributed by atoms with Crippen LogP contribution in [0.2, 0.25) is 5.02 Å². The molecule has 35 heavy (non-hydrogen) atoms. The molecular weight excluding hydrogens is 493 g/mol. The molecule has 1 saturated carbocycles. The third kappa shape index (κ3) is 6.14. The molecule has 3 rings (SSSR count). The zero-order chi connectivity index (χ0) is 26.1. The van der Waals surface area contributed by atoms with Gasteiger partial charge in [-0.3, -0.25) is 9.48 Å². The normalized spacial score (nSPS) is 21.7. The number of hydrogen-bond donors (Lipinski definition) is 2. The molecule has 5 nitrogen and oxygen atoms in total. The lowest BCUT2D eigenvalue weighted by Crippen LogP contribution is -2.45. The minimum Gasteiger partial charge on any atom is -0.388 e. The van der Waals surface area contributed by atoms with Crippen LogP contribution in [-0.4, -0.2) is 39.1 Å². The van der Waals surface area contributed by atoms with Crippen LogP contribution in [0.5, 0.6) is 0 Å². The lowest BCUT2D eigenvalue weighted by atomic mass is 9.79. The van der Waals surface area contributed by atoms with Crippen molar-refractivity contribution in [3.8, 4) is 11.3 Å². The molecule has 0 aliphatic heterocycles. The Morgan fingerprint density at radius 2 is 1.86 bits per heavy atom. The van der Waals surface area contributed by atoms with Gasteiger partial charge in [-0.1, -0.05) is 25.4 Å². The molecule has 0 spiro atoms. The number of halogens is 6. The Kier molecular flexibility index (Phi) is 8.16. The summed E-state index contributed by atoms with van der Waals surface area (Å²) >= 11 is 6.35. The average molecular weight is 522 g/mol. The van der Waals surface area contributed by atoms with Crippen LogP contribution < -0.4 is 5.32 Å². The summed E-state index contributed by atoms with van der Waals surface area (Å²) in [7, 11) is 0. The highest BCUT2D eigenvalue weighted by Crippen LogP contribution is 2.37. The first-order valence-corrected chi connectivity index (χ1v) is 12.0. The van der Waals surface area contributed by atoms with E-state index in [0.717, 1.165) is 36.6 Å². The number of nitrogens with one attached hydrogen (secondary N) is 1. The summed E-state index contributed by atoms with van der Waals surface area (Å²) in [5.74, 6) is -4.20. The molecule has 0 bridgehead atoms. The van der Waals surface area contributed by atoms with E-state index in [1.54, 1.807) is 6.92 Å². The van der Waals surface area contributed by atoms with Gasteiger partial charge in [0, 0.05) is 13.1 Å². The smallest absolute Gasteiger partial charge is 0.388 e. The van der Waals surface area contributed by atoms with Gasteiger partial charge in [0.1, 0.15) is 11.6 Å². The lowest BCUT2D eigenvalue weighted by Gasteiger charge is -2.34. The van der Waals surface area contributed by atoms with Gasteiger partial charge in [0.05, 0.1) is 27.8 Å². The number of hydrogen-bond acceptors (Lipinski definition) is 3. The number of carbonyl (C=O) groups is 1. The van der Waals surface area contributed by atoms with Crippen molar-refractivity contribution >= 4 is 17.5 Å². The Morgan fingerprint density at radius 3 is 2.37 bits per heavy atom. The Hall–Kier alpha value is -2.20. The third-order valence-electron chi connectivity index (χ3n) is 6.63. The first-order chi connectivity index (χ1) is 16.3. The summed E-state index contributed by atoms with van der Waals surface area (Å²) in [6.45, 7) is 4.77. The van der Waals surface area contributed by atoms with Crippen LogP contribution in [0.4, 0.5) is 22.0 Å². The van der Waals surface area contributed by atoms with Crippen molar-refractivity contribution in [1.29, 1.82) is 0 Å². The topological polar surface area (TPSA) is 67.2 Å². The van der Waals surface area contributed by atoms with E-state index in [0.29, 0.717) is 18.8 Å². The highest BCUT2D eigenvalue weighted by molar-refractivity contribution is 6.36. The summed E-state index contributed by atoms with van der Waals surface area (Å²) in [5, 5.41) is 17.1. The average Bonchev–Trinajstić information content (AvgIpc) is 3.09. The molecule has 11 heteroatoms. The molecule has 1 heterocycles. The molecule has 1 aliphatic rings. The van der Waals surface area contributed by atoms with Gasteiger partial charge in [-0.05, 0) is 62.6 Å². The van der Waals surface area contributed by atoms with E-state index in [-0.39, 0.29) is 35.1 Å². The van der Waals surface area contributed by atoms with Gasteiger partial charge in [-0.15, -0.1) is 0 Å². The van der Waals surface area contributed by atoms with Crippen LogP contribution >= 0.6 is 11.6 Å². The van der Waals surface area contributed by atoms with Crippen molar-refractivity contribution in [3.63, 3.8) is 0 Å². The minimum absolute atomic E-state index is 0.0159. The predicted octanol–water partition coefficient (Wildman–Crippen LogP) is 5.91. The number of aryl methyl sites for hydroxylation is 1. The molecule has 2 aromatic rings. The number of aromatic nitrogens is 2. The molecule has 1 aromatic heterocycles. The van der Waals surface area contributed by atoms with Crippen molar-refractivity contribution in [1.82, 2.24) is 15.1 Å². The minimum atomic E-state index is -4.50. The summed E-state index contributed by atoms with van der Waals surface area (Å²) in [4.78, 5) is 12.8. The molecule has 1 atom stereocenters. The Bertz CT molecular complexity index is 1050. The molecule has 194 valence electrons. The molecule has 1 aromatic carbocycles. The van der Waals surface area contributed by atoms with E-state index in [4.69, 9.17) is 11.6 Å². The number of carbonyl (C=O) groups excluding carboxylic acids is 1. The van der Waals surface area contributed by atoms with Crippen LogP contribution in [0.15, 0.2) is 12.1 Å². The van der Waals surface area contributed by atoms with Gasteiger partial charge in [0.2, 0.25) is 0 Å². The van der Waals surface area contributed by atoms with Crippen molar-refractivity contribution in [2.45, 2.75) is 71.2 Å². The van der Waals surface area contributed by atoms with Crippen molar-refractivity contribution in [2.75, 3.05) is 6.54 Å². The number of alkyl halides is 3. The second-order valence-corrected chi connectivity index (χ2v) is 9.88. The number of aliphatic hydroxyl groups is 1. The molecule has 0 saturated heterocycles. The van der Waals surface area contributed by atoms with E-state index in [1.165, 1.54) is 0 Å². The van der Waals surface area contributed by atoms with Gasteiger partial charge in [-0.2, -0.15) is 18.3 Å². The molecule has 1 aliphatic carbocycles. The van der Waals surface area contributed by atoms with Gasteiger partial charge >= 0.3 is 6.18 Å². The number of benzene rings is 1. The molecular formula is C24H29ClF5N3O2. The summed E-state index contributed by atoms with van der Waals surface area (Å²) in [6, 6.07) is 1.67. The zero-order valence-electron chi connectivity index (χ0n) is 19.8. The van der Waals surface area contributed by atoms with Crippen LogP contribution in [0.1, 0.15) is 62.5 Å². The van der Waals surface area contributed by atoms with Crippen LogP contribution in [0.3, 0.4) is 0 Å². The SMILES string of the molecule is CCn1nc(C(=O)NCC2(O)CCC(C)CC2)c(Cl)c1-c1c(F)cc(C[C@@H](C)C(F)(F)F)cc1F. The van der Waals surface area contributed by atoms with Gasteiger partial charge in [0.25, 0.3) is 5.91 Å². The van der Waals surface area contributed by atoms with Crippen LogP contribution in [0, 0.1) is 23.5 Å². The Balaban J connectivity index is 1.87. The standard InChI is InChI=1S/C24H29ClF5N3O2/c1-4-33-21(18-16(26)10-15(11-17(18)27)9-14(3)24(28,29)30)19(25)20(32-33)22(34)31-12-23(35)7-5-13(2)6-8-23/h10-11,13-14,35H,4-9,12H2,1-3H3,(H,31,34)/t13?,14-,23?/m1/s1. The first kappa shape index (κ1) is 27.4. The maximum Gasteiger partial charge on any atom is 0.391 e. The third-order valence-corrected chi connectivity index (χ3v) is 6.99. The monoisotopic (exact) mass is 521 g/mol. The van der Waals surface area contributed by atoms with Crippen LogP contribution in [-0.2, 0) is 13.0 Å². The van der Waals surface area contributed by atoms with Gasteiger partial charge in [-0.25, -0.2) is 8.78 Å². The van der Waals surface area contributed by atoms with E-state index in [2.05, 4.69) is 17.3 Å². The second kappa shape index (κ2) is 10.4. The Labute approximate surface area is 205 Å². The molecule has 1 fully saturated rings. The predicted molar refractivity (Wildman–Crippen MR) is 122 cm³/mol. The quantitative estimate of drug-likeness (QED) is 0.445. The Morgan fingerprint density at radius 1 is 1.29 bits per heavy atom. The number of nitrogens with zero attached hydrogens (tertiary/aromatic N) is 2. The lowest BCUT2D eigenvalue weighted by molar-refractivity contribution is -0.169. The number of rotatable bonds is 7. The van der Waals surface area contributed by atoms with Crippen molar-refractivity contribution in [2.24, 2.45) is 11.8 Å². The fraction of sp³-hybridized carbons (Fsp3) is 0.583. The summed E-state index contributed by atoms with van der Waals surface area (Å²) in [6.07, 6.45) is -2.36. The molecule has 0 unspecified atom stereocenters. The fourth-order valence-electron chi connectivity index (χ4n) is 4.30. The fourth-order valence-corrected chi connectivity index (χ4v) is 4.61. The van der Waals surface area contributed by atoms with Gasteiger partial charge < -0.3 is 10.4 Å². The molecule has 2 N–H and O–H groups in total. The maximum absolute atomic E-state index is 15.0. The van der Waals surface area contributed by atoms with E-state index in [1.807, 2.05) is 0 Å².